The highest BCUT2D eigenvalue weighted by molar-refractivity contribution is 5.88. The van der Waals surface area contributed by atoms with Crippen molar-refractivity contribution in [1.29, 1.82) is 0 Å². The highest BCUT2D eigenvalue weighted by Gasteiger charge is 2.25. The number of hydrogen-bond acceptors (Lipinski definition) is 5. The van der Waals surface area contributed by atoms with Crippen LogP contribution in [0.4, 0.5) is 5.69 Å². The van der Waals surface area contributed by atoms with Gasteiger partial charge in [0.2, 0.25) is 0 Å². The van der Waals surface area contributed by atoms with Crippen molar-refractivity contribution < 1.29 is 15.0 Å². The lowest BCUT2D eigenvalue weighted by molar-refractivity contribution is 0.0697. The van der Waals surface area contributed by atoms with Crippen LogP contribution in [-0.4, -0.2) is 32.7 Å². The summed E-state index contributed by atoms with van der Waals surface area (Å²) in [4.78, 5) is 32.3. The lowest BCUT2D eigenvalue weighted by Gasteiger charge is -2.29. The molecule has 0 amide bonds. The van der Waals surface area contributed by atoms with Gasteiger partial charge >= 0.3 is 5.97 Å². The average molecular weight is 387 g/mol. The first-order valence-electron chi connectivity index (χ1n) is 8.91. The number of benzene rings is 2. The maximum absolute atomic E-state index is 12.4. The van der Waals surface area contributed by atoms with E-state index in [2.05, 4.69) is 15.9 Å². The molecule has 29 heavy (non-hydrogen) atoms. The van der Waals surface area contributed by atoms with Gasteiger partial charge in [0.15, 0.2) is 0 Å². The summed E-state index contributed by atoms with van der Waals surface area (Å²) >= 11 is 0. The van der Waals surface area contributed by atoms with E-state index in [-0.39, 0.29) is 29.6 Å². The van der Waals surface area contributed by atoms with Gasteiger partial charge in [-0.2, -0.15) is 0 Å². The van der Waals surface area contributed by atoms with Crippen LogP contribution in [-0.2, 0) is 6.61 Å². The number of hydrogen-bond donors (Lipinski definition) is 3. The molecular formula is C22H17N3O4. The van der Waals surface area contributed by atoms with Crippen molar-refractivity contribution in [2.45, 2.75) is 12.6 Å². The highest BCUT2D eigenvalue weighted by Crippen LogP contribution is 2.37. The summed E-state index contributed by atoms with van der Waals surface area (Å²) in [7, 11) is 0. The van der Waals surface area contributed by atoms with Gasteiger partial charge in [0.05, 0.1) is 29.1 Å². The van der Waals surface area contributed by atoms with E-state index < -0.39 is 5.97 Å². The number of fused-ring (bicyclic) bond motifs is 2. The number of rotatable bonds is 5. The Morgan fingerprint density at radius 1 is 1.28 bits per heavy atom. The largest absolute Gasteiger partial charge is 0.478 e. The molecule has 0 aliphatic heterocycles. The number of aliphatic hydroxyl groups is 1. The molecule has 0 saturated heterocycles. The zero-order chi connectivity index (χ0) is 20.5. The Balaban J connectivity index is 1.79. The van der Waals surface area contributed by atoms with Crippen molar-refractivity contribution >= 4 is 28.6 Å². The van der Waals surface area contributed by atoms with E-state index in [4.69, 9.17) is 11.5 Å². The van der Waals surface area contributed by atoms with Crippen molar-refractivity contribution in [2.24, 2.45) is 0 Å². The fraction of sp³-hybridized carbons (Fsp3) is 0.136. The predicted molar refractivity (Wildman–Crippen MR) is 110 cm³/mol. The van der Waals surface area contributed by atoms with E-state index in [0.717, 1.165) is 16.8 Å². The molecule has 0 saturated carbocycles. The van der Waals surface area contributed by atoms with E-state index in [1.54, 1.807) is 18.2 Å². The second-order valence-electron chi connectivity index (χ2n) is 6.66. The first kappa shape index (κ1) is 18.5. The number of H-pyrrole nitrogens is 1. The molecule has 1 aliphatic carbocycles. The van der Waals surface area contributed by atoms with Gasteiger partial charge in [-0.1, -0.05) is 18.1 Å². The molecule has 3 aromatic rings. The molecule has 0 unspecified atom stereocenters. The lowest BCUT2D eigenvalue weighted by Crippen LogP contribution is -2.27. The molecule has 4 rings (SSSR count). The van der Waals surface area contributed by atoms with Crippen LogP contribution < -0.4 is 10.5 Å². The summed E-state index contributed by atoms with van der Waals surface area (Å²) < 4.78 is 0. The first-order chi connectivity index (χ1) is 14.0. The van der Waals surface area contributed by atoms with Crippen molar-refractivity contribution in [2.75, 3.05) is 11.4 Å². The van der Waals surface area contributed by atoms with Gasteiger partial charge in [-0.3, -0.25) is 4.79 Å². The monoisotopic (exact) mass is 387 g/mol. The lowest BCUT2D eigenvalue weighted by atomic mass is 10.0. The number of carboxylic acids is 1. The maximum Gasteiger partial charge on any atom is 0.335 e. The van der Waals surface area contributed by atoms with Gasteiger partial charge in [-0.15, -0.1) is 6.42 Å². The molecule has 1 aromatic heterocycles. The van der Waals surface area contributed by atoms with Crippen LogP contribution in [0.15, 0.2) is 47.3 Å². The number of anilines is 1. The second-order valence-corrected chi connectivity index (χ2v) is 6.66. The van der Waals surface area contributed by atoms with E-state index in [1.165, 1.54) is 12.1 Å². The van der Waals surface area contributed by atoms with Crippen LogP contribution in [0.3, 0.4) is 0 Å². The third-order valence-corrected chi connectivity index (χ3v) is 4.93. The van der Waals surface area contributed by atoms with Gasteiger partial charge in [0, 0.05) is 5.69 Å². The Labute approximate surface area is 166 Å². The minimum Gasteiger partial charge on any atom is -0.478 e. The fourth-order valence-electron chi connectivity index (χ4n) is 3.56. The molecule has 1 heterocycles. The molecule has 7 nitrogen and oxygen atoms in total. The summed E-state index contributed by atoms with van der Waals surface area (Å²) in [5.74, 6) is 1.86. The SMILES string of the molecule is C#CCN(c1ccc(C(=O)O)cc1)[C@H]1C=Cc2cc3nc(CO)[nH]c(=O)c3cc21. The van der Waals surface area contributed by atoms with Crippen LogP contribution in [0.25, 0.3) is 17.0 Å². The van der Waals surface area contributed by atoms with E-state index in [1.807, 2.05) is 23.1 Å². The van der Waals surface area contributed by atoms with Crippen LogP contribution in [0.5, 0.6) is 0 Å². The van der Waals surface area contributed by atoms with Crippen LogP contribution in [0.2, 0.25) is 0 Å². The number of nitrogens with zero attached hydrogens (tertiary/aromatic N) is 2. The highest BCUT2D eigenvalue weighted by atomic mass is 16.4. The third-order valence-electron chi connectivity index (χ3n) is 4.93. The number of aromatic amines is 1. The molecule has 144 valence electrons. The molecule has 2 aromatic carbocycles. The molecule has 0 spiro atoms. The van der Waals surface area contributed by atoms with E-state index in [0.29, 0.717) is 17.4 Å². The number of aromatic nitrogens is 2. The predicted octanol–water partition coefficient (Wildman–Crippen LogP) is 2.32. The number of carbonyl (C=O) groups is 1. The zero-order valence-electron chi connectivity index (χ0n) is 15.3. The summed E-state index contributed by atoms with van der Waals surface area (Å²) in [5.41, 5.74) is 2.98. The van der Waals surface area contributed by atoms with Crippen LogP contribution >= 0.6 is 0 Å². The van der Waals surface area contributed by atoms with Gasteiger partial charge in [-0.05, 0) is 47.5 Å². The fourth-order valence-corrected chi connectivity index (χ4v) is 3.56. The number of nitrogens with one attached hydrogen (secondary N) is 1. The standard InChI is InChI=1S/C22H17N3O4/c1-2-9-25(15-6-3-13(4-7-15)22(28)29)19-8-5-14-10-18-17(11-16(14)19)21(27)24-20(12-26)23-18/h1,3-8,10-11,19,26H,9,12H2,(H,28,29)(H,23,24,27)/t19-/m0/s1. The zero-order valence-corrected chi connectivity index (χ0v) is 15.3. The van der Waals surface area contributed by atoms with Gasteiger partial charge in [0.1, 0.15) is 12.4 Å². The molecule has 1 aliphatic rings. The molecule has 0 bridgehead atoms. The van der Waals surface area contributed by atoms with Crippen molar-refractivity contribution in [3.63, 3.8) is 0 Å². The van der Waals surface area contributed by atoms with Gasteiger partial charge < -0.3 is 20.1 Å². The van der Waals surface area contributed by atoms with E-state index in [9.17, 15) is 14.7 Å². The van der Waals surface area contributed by atoms with Gasteiger partial charge in [0.25, 0.3) is 5.56 Å². The second kappa shape index (κ2) is 7.26. The molecule has 3 N–H and O–H groups in total. The Kier molecular flexibility index (Phi) is 4.63. The Bertz CT molecular complexity index is 1240. The number of terminal acetylenes is 1. The molecule has 0 fully saturated rings. The maximum atomic E-state index is 12.4. The minimum atomic E-state index is -0.994. The number of carboxylic acid groups (broad SMARTS) is 1. The Morgan fingerprint density at radius 2 is 2.03 bits per heavy atom. The molecule has 1 atom stereocenters. The molecule has 0 radical (unpaired) electrons. The van der Waals surface area contributed by atoms with Crippen molar-refractivity contribution in [3.8, 4) is 12.3 Å². The smallest absolute Gasteiger partial charge is 0.335 e. The summed E-state index contributed by atoms with van der Waals surface area (Å²) in [6.45, 7) is -0.0417. The quantitative estimate of drug-likeness (QED) is 0.580. The molecular weight excluding hydrogens is 370 g/mol. The number of aromatic carboxylic acids is 1. The third kappa shape index (κ3) is 3.26. The van der Waals surface area contributed by atoms with E-state index >= 15 is 0 Å². The topological polar surface area (TPSA) is 107 Å². The Hall–Kier alpha value is -3.89. The van der Waals surface area contributed by atoms with Crippen LogP contribution in [0.1, 0.15) is 33.4 Å². The van der Waals surface area contributed by atoms with Crippen molar-refractivity contribution in [1.82, 2.24) is 9.97 Å². The number of aliphatic hydroxyl groups excluding tert-OH is 1. The van der Waals surface area contributed by atoms with Gasteiger partial charge in [-0.25, -0.2) is 9.78 Å². The van der Waals surface area contributed by atoms with Crippen molar-refractivity contribution in [3.05, 3.63) is 75.3 Å². The summed E-state index contributed by atoms with van der Waals surface area (Å²) in [6, 6.07) is 9.90. The minimum absolute atomic E-state index is 0.195. The normalized spacial score (nSPS) is 14.6. The first-order valence-corrected chi connectivity index (χ1v) is 8.91. The summed E-state index contributed by atoms with van der Waals surface area (Å²) in [5, 5.41) is 18.8. The average Bonchev–Trinajstić information content (AvgIpc) is 3.13. The summed E-state index contributed by atoms with van der Waals surface area (Å²) in [6.07, 6.45) is 9.50. The van der Waals surface area contributed by atoms with Crippen LogP contribution in [0, 0.1) is 12.3 Å². The Morgan fingerprint density at radius 3 is 2.69 bits per heavy atom. The molecule has 7 heteroatoms.